The van der Waals surface area contributed by atoms with Gasteiger partial charge in [0.05, 0.1) is 11.0 Å². The third-order valence-corrected chi connectivity index (χ3v) is 3.47. The fourth-order valence-electron chi connectivity index (χ4n) is 1.10. The van der Waals surface area contributed by atoms with E-state index >= 15 is 0 Å². The fraction of sp³-hybridized carbons (Fsp3) is 0.400. The number of rotatable bonds is 3. The molecule has 0 aliphatic heterocycles. The Balaban J connectivity index is 2.24. The lowest BCUT2D eigenvalue weighted by molar-refractivity contribution is 0.305. The molecule has 1 saturated carbocycles. The van der Waals surface area contributed by atoms with Gasteiger partial charge in [-0.1, -0.05) is 17.7 Å². The Labute approximate surface area is 83.8 Å². The van der Waals surface area contributed by atoms with E-state index in [1.165, 1.54) is 0 Å². The van der Waals surface area contributed by atoms with Crippen molar-refractivity contribution in [2.24, 2.45) is 0 Å². The lowest BCUT2D eigenvalue weighted by Crippen LogP contribution is -2.07. The highest BCUT2D eigenvalue weighted by atomic mass is 32.2. The van der Waals surface area contributed by atoms with E-state index in [2.05, 4.69) is 0 Å². The van der Waals surface area contributed by atoms with Crippen molar-refractivity contribution in [2.75, 3.05) is 0 Å². The molecule has 0 saturated heterocycles. The molecular formula is C10H12O3S. The first-order valence-corrected chi connectivity index (χ1v) is 5.99. The van der Waals surface area contributed by atoms with Crippen molar-refractivity contribution >= 4 is 10.1 Å². The highest BCUT2D eigenvalue weighted by molar-refractivity contribution is 7.86. The molecule has 14 heavy (non-hydrogen) atoms. The van der Waals surface area contributed by atoms with E-state index in [4.69, 9.17) is 4.18 Å². The minimum absolute atomic E-state index is 0.0821. The molecule has 0 atom stereocenters. The van der Waals surface area contributed by atoms with Gasteiger partial charge in [0, 0.05) is 0 Å². The van der Waals surface area contributed by atoms with Crippen molar-refractivity contribution in [3.63, 3.8) is 0 Å². The number of aryl methyl sites for hydroxylation is 1. The standard InChI is InChI=1S/C10H12O3S/c1-8-2-6-10(7-3-8)14(11,12)13-9-4-5-9/h2-3,6-7,9H,4-5H2,1H3. The Morgan fingerprint density at radius 3 is 2.29 bits per heavy atom. The smallest absolute Gasteiger partial charge is 0.263 e. The van der Waals surface area contributed by atoms with Gasteiger partial charge in [0.15, 0.2) is 0 Å². The van der Waals surface area contributed by atoms with Crippen LogP contribution < -0.4 is 0 Å². The van der Waals surface area contributed by atoms with Gasteiger partial charge in [-0.3, -0.25) is 4.18 Å². The molecule has 4 heteroatoms. The summed E-state index contributed by atoms with van der Waals surface area (Å²) in [7, 11) is -3.51. The van der Waals surface area contributed by atoms with Crippen LogP contribution in [-0.2, 0) is 14.3 Å². The molecule has 1 aliphatic rings. The molecule has 0 spiro atoms. The monoisotopic (exact) mass is 212 g/mol. The van der Waals surface area contributed by atoms with E-state index in [0.717, 1.165) is 18.4 Å². The van der Waals surface area contributed by atoms with E-state index < -0.39 is 10.1 Å². The van der Waals surface area contributed by atoms with Gasteiger partial charge in [0.1, 0.15) is 0 Å². The minimum Gasteiger partial charge on any atom is -0.263 e. The minimum atomic E-state index is -3.51. The zero-order valence-corrected chi connectivity index (χ0v) is 8.75. The molecule has 0 radical (unpaired) electrons. The van der Waals surface area contributed by atoms with E-state index in [1.54, 1.807) is 24.3 Å². The molecule has 2 rings (SSSR count). The maximum atomic E-state index is 11.6. The van der Waals surface area contributed by atoms with Crippen LogP contribution in [0.1, 0.15) is 18.4 Å². The van der Waals surface area contributed by atoms with E-state index in [-0.39, 0.29) is 11.0 Å². The first-order chi connectivity index (χ1) is 6.58. The summed E-state index contributed by atoms with van der Waals surface area (Å²) in [6, 6.07) is 6.69. The average molecular weight is 212 g/mol. The van der Waals surface area contributed by atoms with Crippen molar-refractivity contribution in [3.05, 3.63) is 29.8 Å². The highest BCUT2D eigenvalue weighted by Crippen LogP contribution is 2.28. The molecule has 0 amide bonds. The van der Waals surface area contributed by atoms with E-state index in [0.29, 0.717) is 0 Å². The second-order valence-electron chi connectivity index (χ2n) is 3.56. The summed E-state index contributed by atoms with van der Waals surface area (Å²) >= 11 is 0. The third kappa shape index (κ3) is 2.13. The second-order valence-corrected chi connectivity index (χ2v) is 5.13. The largest absolute Gasteiger partial charge is 0.297 e. The SMILES string of the molecule is Cc1ccc(S(=O)(=O)OC2CC2)cc1. The first kappa shape index (κ1) is 9.68. The van der Waals surface area contributed by atoms with Crippen LogP contribution in [0.3, 0.4) is 0 Å². The maximum Gasteiger partial charge on any atom is 0.297 e. The Morgan fingerprint density at radius 2 is 1.79 bits per heavy atom. The van der Waals surface area contributed by atoms with Crippen molar-refractivity contribution in [1.29, 1.82) is 0 Å². The summed E-state index contributed by atoms with van der Waals surface area (Å²) in [6.45, 7) is 1.91. The van der Waals surface area contributed by atoms with Crippen LogP contribution >= 0.6 is 0 Å². The lowest BCUT2D eigenvalue weighted by atomic mass is 10.2. The predicted molar refractivity (Wildman–Crippen MR) is 52.5 cm³/mol. The van der Waals surface area contributed by atoms with E-state index in [1.807, 2.05) is 6.92 Å². The molecule has 1 fully saturated rings. The number of hydrogen-bond donors (Lipinski definition) is 0. The summed E-state index contributed by atoms with van der Waals surface area (Å²) in [5.74, 6) is 0. The molecule has 0 heterocycles. The van der Waals surface area contributed by atoms with Gasteiger partial charge in [-0.25, -0.2) is 0 Å². The second kappa shape index (κ2) is 3.37. The summed E-state index contributed by atoms with van der Waals surface area (Å²) in [5.41, 5.74) is 1.04. The molecule has 1 aromatic carbocycles. The Morgan fingerprint density at radius 1 is 1.21 bits per heavy atom. The van der Waals surface area contributed by atoms with Gasteiger partial charge in [-0.15, -0.1) is 0 Å². The Kier molecular flexibility index (Phi) is 2.33. The summed E-state index contributed by atoms with van der Waals surface area (Å²) < 4.78 is 28.1. The molecule has 0 bridgehead atoms. The van der Waals surface area contributed by atoms with Gasteiger partial charge in [-0.2, -0.15) is 8.42 Å². The van der Waals surface area contributed by atoms with Crippen LogP contribution in [0.4, 0.5) is 0 Å². The maximum absolute atomic E-state index is 11.6. The van der Waals surface area contributed by atoms with Gasteiger partial charge in [0.2, 0.25) is 0 Å². The van der Waals surface area contributed by atoms with Gasteiger partial charge in [0.25, 0.3) is 10.1 Å². The normalized spacial score (nSPS) is 16.9. The van der Waals surface area contributed by atoms with Crippen molar-refractivity contribution < 1.29 is 12.6 Å². The topological polar surface area (TPSA) is 43.4 Å². The molecule has 1 aromatic rings. The number of benzene rings is 1. The molecule has 76 valence electrons. The quantitative estimate of drug-likeness (QED) is 0.718. The predicted octanol–water partition coefficient (Wildman–Crippen LogP) is 1.86. The van der Waals surface area contributed by atoms with Crippen LogP contribution in [0, 0.1) is 6.92 Å². The average Bonchev–Trinajstić information content (AvgIpc) is 2.88. The van der Waals surface area contributed by atoms with Crippen LogP contribution in [-0.4, -0.2) is 14.5 Å². The van der Waals surface area contributed by atoms with Crippen LogP contribution in [0.25, 0.3) is 0 Å². The van der Waals surface area contributed by atoms with Crippen LogP contribution in [0.15, 0.2) is 29.2 Å². The van der Waals surface area contributed by atoms with Crippen LogP contribution in [0.5, 0.6) is 0 Å². The Bertz CT molecular complexity index is 415. The summed E-state index contributed by atoms with van der Waals surface area (Å²) in [6.07, 6.45) is 1.62. The first-order valence-electron chi connectivity index (χ1n) is 4.58. The van der Waals surface area contributed by atoms with Crippen molar-refractivity contribution in [1.82, 2.24) is 0 Å². The third-order valence-electron chi connectivity index (χ3n) is 2.10. The zero-order valence-electron chi connectivity index (χ0n) is 7.93. The summed E-state index contributed by atoms with van der Waals surface area (Å²) in [5, 5.41) is 0. The van der Waals surface area contributed by atoms with E-state index in [9.17, 15) is 8.42 Å². The Hall–Kier alpha value is -0.870. The molecule has 0 N–H and O–H groups in total. The van der Waals surface area contributed by atoms with Crippen LogP contribution in [0.2, 0.25) is 0 Å². The highest BCUT2D eigenvalue weighted by Gasteiger charge is 2.29. The molecule has 0 unspecified atom stereocenters. The molecule has 0 aromatic heterocycles. The fourth-order valence-corrected chi connectivity index (χ4v) is 2.24. The van der Waals surface area contributed by atoms with Crippen molar-refractivity contribution in [3.8, 4) is 0 Å². The molecular weight excluding hydrogens is 200 g/mol. The zero-order chi connectivity index (χ0) is 10.2. The molecule has 1 aliphatic carbocycles. The number of hydrogen-bond acceptors (Lipinski definition) is 3. The lowest BCUT2D eigenvalue weighted by Gasteiger charge is -2.03. The van der Waals surface area contributed by atoms with Gasteiger partial charge >= 0.3 is 0 Å². The van der Waals surface area contributed by atoms with Gasteiger partial charge < -0.3 is 0 Å². The van der Waals surface area contributed by atoms with Crippen molar-refractivity contribution in [2.45, 2.75) is 30.8 Å². The van der Waals surface area contributed by atoms with Gasteiger partial charge in [-0.05, 0) is 31.9 Å². The molecule has 3 nitrogen and oxygen atoms in total. The summed E-state index contributed by atoms with van der Waals surface area (Å²) in [4.78, 5) is 0.245.